The Balaban J connectivity index is 2.13. The molecule has 1 aromatic carbocycles. The summed E-state index contributed by atoms with van der Waals surface area (Å²) < 4.78 is 3.76. The lowest BCUT2D eigenvalue weighted by atomic mass is 10.2. The Morgan fingerprint density at radius 3 is 2.50 bits per heavy atom. The predicted molar refractivity (Wildman–Crippen MR) is 105 cm³/mol. The third-order valence-corrected chi connectivity index (χ3v) is 5.08. The van der Waals surface area contributed by atoms with Crippen LogP contribution >= 0.6 is 0 Å². The monoisotopic (exact) mass is 349 g/mol. The maximum atomic E-state index is 13.2. The lowest BCUT2D eigenvalue weighted by Crippen LogP contribution is -2.23. The average molecular weight is 349 g/mol. The Labute approximate surface area is 151 Å². The van der Waals surface area contributed by atoms with Gasteiger partial charge in [-0.15, -0.1) is 0 Å². The van der Waals surface area contributed by atoms with Crippen molar-refractivity contribution in [2.24, 2.45) is 0 Å². The lowest BCUT2D eigenvalue weighted by Gasteiger charge is -2.12. The highest BCUT2D eigenvalue weighted by atomic mass is 16.1. The van der Waals surface area contributed by atoms with Crippen molar-refractivity contribution >= 4 is 33.2 Å². The molecule has 1 atom stereocenters. The van der Waals surface area contributed by atoms with E-state index in [4.69, 9.17) is 9.97 Å². The molecular formula is C20H23N5O. The Kier molecular flexibility index (Phi) is 4.18. The highest BCUT2D eigenvalue weighted by Crippen LogP contribution is 2.25. The third-order valence-electron chi connectivity index (χ3n) is 5.08. The number of rotatable bonds is 5. The maximum absolute atomic E-state index is 13.2. The summed E-state index contributed by atoms with van der Waals surface area (Å²) in [6, 6.07) is 7.88. The molecule has 6 nitrogen and oxygen atoms in total. The van der Waals surface area contributed by atoms with Gasteiger partial charge < -0.3 is 4.57 Å². The summed E-state index contributed by atoms with van der Waals surface area (Å²) >= 11 is 0. The van der Waals surface area contributed by atoms with E-state index in [2.05, 4.69) is 23.4 Å². The Morgan fingerprint density at radius 1 is 1.08 bits per heavy atom. The van der Waals surface area contributed by atoms with Crippen molar-refractivity contribution in [2.75, 3.05) is 0 Å². The van der Waals surface area contributed by atoms with Crippen LogP contribution in [0.25, 0.3) is 33.2 Å². The van der Waals surface area contributed by atoms with E-state index in [9.17, 15) is 4.79 Å². The van der Waals surface area contributed by atoms with Crippen LogP contribution in [0.3, 0.4) is 0 Å². The van der Waals surface area contributed by atoms with Gasteiger partial charge in [-0.05, 0) is 31.9 Å². The first-order valence-corrected chi connectivity index (χ1v) is 9.31. The van der Waals surface area contributed by atoms with Gasteiger partial charge >= 0.3 is 0 Å². The first kappa shape index (κ1) is 16.7. The van der Waals surface area contributed by atoms with Crippen molar-refractivity contribution in [3.63, 3.8) is 0 Å². The topological polar surface area (TPSA) is 65.6 Å². The first-order chi connectivity index (χ1) is 12.7. The smallest absolute Gasteiger partial charge is 0.265 e. The van der Waals surface area contributed by atoms with Crippen LogP contribution in [0.5, 0.6) is 0 Å². The fourth-order valence-corrected chi connectivity index (χ4v) is 3.36. The minimum Gasteiger partial charge on any atom is -0.308 e. The van der Waals surface area contributed by atoms with E-state index in [1.807, 2.05) is 31.2 Å². The number of hydrogen-bond acceptors (Lipinski definition) is 4. The van der Waals surface area contributed by atoms with E-state index in [-0.39, 0.29) is 11.6 Å². The molecule has 0 fully saturated rings. The normalized spacial score (nSPS) is 13.0. The van der Waals surface area contributed by atoms with Gasteiger partial charge in [-0.25, -0.2) is 15.0 Å². The molecule has 0 radical (unpaired) electrons. The van der Waals surface area contributed by atoms with Crippen LogP contribution in [0.15, 0.2) is 35.4 Å². The van der Waals surface area contributed by atoms with Crippen molar-refractivity contribution in [3.05, 3.63) is 40.9 Å². The van der Waals surface area contributed by atoms with Crippen LogP contribution in [-0.4, -0.2) is 24.1 Å². The van der Waals surface area contributed by atoms with Gasteiger partial charge in [-0.1, -0.05) is 32.4 Å². The standard InChI is InChI=1S/C20H23N5O/c1-4-6-11-24-18-16(20(26)25(12-21-18)13(3)5-2)17-19(24)23-15-10-8-7-9-14(15)22-17/h7-10,12-13H,4-6,11H2,1-3H3/t13-/m0/s1. The van der Waals surface area contributed by atoms with Crippen LogP contribution in [0.1, 0.15) is 46.1 Å². The van der Waals surface area contributed by atoms with Crippen molar-refractivity contribution in [1.29, 1.82) is 0 Å². The summed E-state index contributed by atoms with van der Waals surface area (Å²) in [5, 5.41) is 0.581. The van der Waals surface area contributed by atoms with Crippen LogP contribution in [-0.2, 0) is 6.54 Å². The Bertz CT molecular complexity index is 1160. The van der Waals surface area contributed by atoms with Gasteiger partial charge in [-0.2, -0.15) is 0 Å². The van der Waals surface area contributed by atoms with Crippen molar-refractivity contribution in [1.82, 2.24) is 24.1 Å². The fourth-order valence-electron chi connectivity index (χ4n) is 3.36. The third kappa shape index (κ3) is 2.48. The largest absolute Gasteiger partial charge is 0.308 e. The molecule has 4 rings (SSSR count). The quantitative estimate of drug-likeness (QED) is 0.545. The lowest BCUT2D eigenvalue weighted by molar-refractivity contribution is 0.510. The Morgan fingerprint density at radius 2 is 1.81 bits per heavy atom. The number of para-hydroxylation sites is 2. The second kappa shape index (κ2) is 6.52. The molecular weight excluding hydrogens is 326 g/mol. The number of benzene rings is 1. The molecule has 3 aromatic heterocycles. The van der Waals surface area contributed by atoms with Gasteiger partial charge in [0.1, 0.15) is 17.2 Å². The molecule has 0 amide bonds. The molecule has 0 saturated carbocycles. The summed E-state index contributed by atoms with van der Waals surface area (Å²) in [5.74, 6) is 0. The minimum absolute atomic E-state index is 0.0332. The maximum Gasteiger partial charge on any atom is 0.265 e. The number of nitrogens with zero attached hydrogens (tertiary/aromatic N) is 5. The van der Waals surface area contributed by atoms with Crippen LogP contribution < -0.4 is 5.56 Å². The molecule has 0 bridgehead atoms. The molecule has 0 aliphatic rings. The van der Waals surface area contributed by atoms with Gasteiger partial charge in [0.2, 0.25) is 0 Å². The fraction of sp³-hybridized carbons (Fsp3) is 0.400. The first-order valence-electron chi connectivity index (χ1n) is 9.31. The number of aryl methyl sites for hydroxylation is 1. The summed E-state index contributed by atoms with van der Waals surface area (Å²) in [5.41, 5.74) is 3.70. The second-order valence-corrected chi connectivity index (χ2v) is 6.80. The van der Waals surface area contributed by atoms with Gasteiger partial charge in [-0.3, -0.25) is 9.36 Å². The van der Waals surface area contributed by atoms with Crippen molar-refractivity contribution < 1.29 is 0 Å². The van der Waals surface area contributed by atoms with E-state index in [1.54, 1.807) is 10.9 Å². The highest BCUT2D eigenvalue weighted by Gasteiger charge is 2.20. The van der Waals surface area contributed by atoms with Crippen LogP contribution in [0.4, 0.5) is 0 Å². The van der Waals surface area contributed by atoms with Gasteiger partial charge in [0.05, 0.1) is 11.0 Å². The zero-order valence-corrected chi connectivity index (χ0v) is 15.4. The predicted octanol–water partition coefficient (Wildman–Crippen LogP) is 4.07. The van der Waals surface area contributed by atoms with Gasteiger partial charge in [0, 0.05) is 12.6 Å². The summed E-state index contributed by atoms with van der Waals surface area (Å²) in [6.45, 7) is 7.03. The number of fused-ring (bicyclic) bond motifs is 4. The van der Waals surface area contributed by atoms with Crippen LogP contribution in [0, 0.1) is 0 Å². The molecule has 0 aliphatic carbocycles. The van der Waals surface area contributed by atoms with E-state index in [0.29, 0.717) is 16.6 Å². The zero-order chi connectivity index (χ0) is 18.3. The molecule has 0 aliphatic heterocycles. The van der Waals surface area contributed by atoms with Crippen molar-refractivity contribution in [3.8, 4) is 0 Å². The number of hydrogen-bond donors (Lipinski definition) is 0. The molecule has 26 heavy (non-hydrogen) atoms. The molecule has 0 N–H and O–H groups in total. The highest BCUT2D eigenvalue weighted by molar-refractivity contribution is 6.04. The average Bonchev–Trinajstić information content (AvgIpc) is 2.97. The second-order valence-electron chi connectivity index (χ2n) is 6.80. The summed E-state index contributed by atoms with van der Waals surface area (Å²) in [7, 11) is 0. The molecule has 4 aromatic rings. The van der Waals surface area contributed by atoms with Gasteiger partial charge in [0.25, 0.3) is 5.56 Å². The molecule has 3 heterocycles. The number of aromatic nitrogens is 5. The van der Waals surface area contributed by atoms with Crippen LogP contribution in [0.2, 0.25) is 0 Å². The molecule has 0 spiro atoms. The summed E-state index contributed by atoms with van der Waals surface area (Å²) in [4.78, 5) is 27.4. The molecule has 0 unspecified atom stereocenters. The van der Waals surface area contributed by atoms with E-state index in [0.717, 1.165) is 42.5 Å². The minimum atomic E-state index is -0.0332. The SMILES string of the molecule is CCCCn1c2nc3ccccc3nc2c2c(=O)n([C@@H](C)CC)cnc21. The number of unbranched alkanes of at least 4 members (excludes halogenated alkanes) is 1. The summed E-state index contributed by atoms with van der Waals surface area (Å²) in [6.07, 6.45) is 4.60. The van der Waals surface area contributed by atoms with Crippen molar-refractivity contribution in [2.45, 2.75) is 52.6 Å². The molecule has 0 saturated heterocycles. The van der Waals surface area contributed by atoms with E-state index < -0.39 is 0 Å². The van der Waals surface area contributed by atoms with Gasteiger partial charge in [0.15, 0.2) is 11.3 Å². The molecule has 6 heteroatoms. The zero-order valence-electron chi connectivity index (χ0n) is 15.4. The van der Waals surface area contributed by atoms with E-state index >= 15 is 0 Å². The molecule has 134 valence electrons. The van der Waals surface area contributed by atoms with E-state index in [1.165, 1.54) is 0 Å². The Hall–Kier alpha value is -2.76.